The first-order chi connectivity index (χ1) is 14.0. The molecule has 1 aliphatic rings. The van der Waals surface area contributed by atoms with Gasteiger partial charge in [-0.3, -0.25) is 25.2 Å². The Bertz CT molecular complexity index is 949. The highest BCUT2D eigenvalue weighted by Gasteiger charge is 2.22. The van der Waals surface area contributed by atoms with E-state index in [1.165, 1.54) is 35.7 Å². The van der Waals surface area contributed by atoms with Gasteiger partial charge in [0, 0.05) is 31.4 Å². The van der Waals surface area contributed by atoms with Gasteiger partial charge in [0.2, 0.25) is 0 Å². The van der Waals surface area contributed by atoms with Crippen LogP contribution in [0.5, 0.6) is 5.75 Å². The van der Waals surface area contributed by atoms with Gasteiger partial charge in [-0.25, -0.2) is 9.18 Å². The van der Waals surface area contributed by atoms with Crippen molar-refractivity contribution in [2.24, 2.45) is 5.92 Å². The first-order valence-corrected chi connectivity index (χ1v) is 9.88. The number of aromatic amines is 1. The highest BCUT2D eigenvalue weighted by atomic mass is 19.1. The number of halogens is 1. The van der Waals surface area contributed by atoms with Crippen LogP contribution in [0.25, 0.3) is 0 Å². The molecule has 1 atom stereocenters. The van der Waals surface area contributed by atoms with Crippen LogP contribution >= 0.6 is 0 Å². The molecule has 1 saturated carbocycles. The lowest BCUT2D eigenvalue weighted by Gasteiger charge is -2.16. The number of H-pyrrole nitrogens is 1. The fourth-order valence-corrected chi connectivity index (χ4v) is 2.75. The second-order valence-corrected chi connectivity index (χ2v) is 7.26. The van der Waals surface area contributed by atoms with Gasteiger partial charge in [0.05, 0.1) is 6.61 Å². The topological polar surface area (TPSA) is 88.2 Å². The van der Waals surface area contributed by atoms with Gasteiger partial charge in [0.25, 0.3) is 5.56 Å². The van der Waals surface area contributed by atoms with Crippen molar-refractivity contribution in [1.29, 1.82) is 0 Å². The quantitative estimate of drug-likeness (QED) is 0.305. The highest BCUT2D eigenvalue weighted by Crippen LogP contribution is 2.30. The summed E-state index contributed by atoms with van der Waals surface area (Å²) in [5, 5.41) is 0. The minimum absolute atomic E-state index is 0.0115. The van der Waals surface area contributed by atoms with Crippen molar-refractivity contribution in [3.8, 4) is 5.75 Å². The van der Waals surface area contributed by atoms with Crippen LogP contribution in [0.1, 0.15) is 37.8 Å². The van der Waals surface area contributed by atoms with E-state index in [0.29, 0.717) is 31.4 Å². The summed E-state index contributed by atoms with van der Waals surface area (Å²) < 4.78 is 20.9. The maximum atomic E-state index is 13.9. The number of hydrazine groups is 1. The molecule has 1 fully saturated rings. The van der Waals surface area contributed by atoms with Gasteiger partial charge in [0.1, 0.15) is 0 Å². The van der Waals surface area contributed by atoms with Crippen LogP contribution < -0.4 is 26.8 Å². The summed E-state index contributed by atoms with van der Waals surface area (Å²) >= 11 is 0. The summed E-state index contributed by atoms with van der Waals surface area (Å²) in [6.45, 7) is 3.66. The van der Waals surface area contributed by atoms with E-state index in [9.17, 15) is 14.0 Å². The fraction of sp³-hybridized carbons (Fsp3) is 0.429. The Balaban J connectivity index is 1.38. The minimum atomic E-state index is -0.421. The third kappa shape index (κ3) is 6.69. The summed E-state index contributed by atoms with van der Waals surface area (Å²) in [4.78, 5) is 24.8. The Kier molecular flexibility index (Phi) is 7.37. The molecule has 1 aromatic carbocycles. The van der Waals surface area contributed by atoms with Gasteiger partial charge in [-0.15, -0.1) is 0 Å². The summed E-state index contributed by atoms with van der Waals surface area (Å²) in [7, 11) is 0. The van der Waals surface area contributed by atoms with Crippen LogP contribution in [0.15, 0.2) is 52.2 Å². The molecule has 2 aromatic rings. The van der Waals surface area contributed by atoms with Crippen molar-refractivity contribution in [1.82, 2.24) is 20.4 Å². The highest BCUT2D eigenvalue weighted by molar-refractivity contribution is 5.32. The van der Waals surface area contributed by atoms with Crippen LogP contribution in [-0.4, -0.2) is 22.7 Å². The molecule has 0 amide bonds. The number of nitrogens with one attached hydrogen (secondary N) is 3. The van der Waals surface area contributed by atoms with Crippen molar-refractivity contribution >= 4 is 0 Å². The second-order valence-electron chi connectivity index (χ2n) is 7.26. The number of ether oxygens (including phenoxy) is 1. The predicted octanol–water partition coefficient (Wildman–Crippen LogP) is 2.27. The lowest BCUT2D eigenvalue weighted by atomic mass is 10.1. The van der Waals surface area contributed by atoms with Crippen molar-refractivity contribution in [3.05, 3.63) is 74.8 Å². The molecule has 0 radical (unpaired) electrons. The molecule has 7 nitrogen and oxygen atoms in total. The summed E-state index contributed by atoms with van der Waals surface area (Å²) in [6, 6.07) is 6.25. The molecule has 8 heteroatoms. The SMILES string of the molecule is CC(NNCC/C=C/Cn1ccc(=O)[nH]c1=O)c1ccc(F)c(OCC2CC2)c1. The fourth-order valence-electron chi connectivity index (χ4n) is 2.75. The number of benzene rings is 1. The first-order valence-electron chi connectivity index (χ1n) is 9.88. The normalized spacial score (nSPS) is 15.0. The maximum absolute atomic E-state index is 13.9. The van der Waals surface area contributed by atoms with E-state index in [1.807, 2.05) is 19.1 Å². The van der Waals surface area contributed by atoms with Crippen LogP contribution in [-0.2, 0) is 6.54 Å². The Hall–Kier alpha value is -2.71. The molecule has 3 N–H and O–H groups in total. The van der Waals surface area contributed by atoms with Crippen molar-refractivity contribution in [3.63, 3.8) is 0 Å². The maximum Gasteiger partial charge on any atom is 0.328 e. The van der Waals surface area contributed by atoms with E-state index in [-0.39, 0.29) is 11.9 Å². The monoisotopic (exact) mass is 402 g/mol. The third-order valence-electron chi connectivity index (χ3n) is 4.75. The van der Waals surface area contributed by atoms with Gasteiger partial charge in [-0.2, -0.15) is 0 Å². The van der Waals surface area contributed by atoms with Crippen LogP contribution in [0.3, 0.4) is 0 Å². The van der Waals surface area contributed by atoms with Crippen LogP contribution in [0, 0.1) is 11.7 Å². The zero-order valence-electron chi connectivity index (χ0n) is 16.5. The van der Waals surface area contributed by atoms with Gasteiger partial charge >= 0.3 is 5.69 Å². The van der Waals surface area contributed by atoms with E-state index < -0.39 is 11.2 Å². The lowest BCUT2D eigenvalue weighted by molar-refractivity contribution is 0.284. The van der Waals surface area contributed by atoms with E-state index in [0.717, 1.165) is 12.0 Å². The Morgan fingerprint density at radius 3 is 2.90 bits per heavy atom. The average molecular weight is 402 g/mol. The summed E-state index contributed by atoms with van der Waals surface area (Å²) in [6.07, 6.45) is 8.39. The molecule has 1 unspecified atom stereocenters. The minimum Gasteiger partial charge on any atom is -0.490 e. The van der Waals surface area contributed by atoms with E-state index >= 15 is 0 Å². The summed E-state index contributed by atoms with van der Waals surface area (Å²) in [5.41, 5.74) is 6.45. The molecule has 1 aromatic heterocycles. The third-order valence-corrected chi connectivity index (χ3v) is 4.75. The van der Waals surface area contributed by atoms with Gasteiger partial charge in [-0.05, 0) is 49.8 Å². The number of rotatable bonds is 11. The average Bonchev–Trinajstić information content (AvgIpc) is 3.52. The smallest absolute Gasteiger partial charge is 0.328 e. The molecule has 0 bridgehead atoms. The van der Waals surface area contributed by atoms with Crippen LogP contribution in [0.2, 0.25) is 0 Å². The molecule has 0 saturated heterocycles. The molecule has 1 heterocycles. The number of allylic oxidation sites excluding steroid dienone is 1. The van der Waals surface area contributed by atoms with Gasteiger partial charge in [-0.1, -0.05) is 18.2 Å². The molecule has 3 rings (SSSR count). The van der Waals surface area contributed by atoms with Gasteiger partial charge in [0.15, 0.2) is 11.6 Å². The molecular weight excluding hydrogens is 375 g/mol. The second kappa shape index (κ2) is 10.2. The van der Waals surface area contributed by atoms with Gasteiger partial charge < -0.3 is 4.74 Å². The molecule has 0 aliphatic heterocycles. The number of nitrogens with zero attached hydrogens (tertiary/aromatic N) is 1. The molecule has 0 spiro atoms. The van der Waals surface area contributed by atoms with Crippen LogP contribution in [0.4, 0.5) is 4.39 Å². The molecule has 156 valence electrons. The van der Waals surface area contributed by atoms with Crippen molar-refractivity contribution < 1.29 is 9.13 Å². The molecule has 29 heavy (non-hydrogen) atoms. The predicted molar refractivity (Wildman–Crippen MR) is 109 cm³/mol. The van der Waals surface area contributed by atoms with E-state index in [2.05, 4.69) is 15.8 Å². The zero-order chi connectivity index (χ0) is 20.6. The standard InChI is InChI=1S/C21H27FN4O3/c1-15(17-7-8-18(22)19(13-17)29-14-16-5-6-16)25-23-10-3-2-4-11-26-12-9-20(27)24-21(26)28/h2,4,7-9,12-13,15-16,23,25H,3,5-6,10-11,14H2,1H3,(H,24,27,28)/b4-2+. The first kappa shape index (κ1) is 21.0. The lowest BCUT2D eigenvalue weighted by Crippen LogP contribution is -2.34. The Morgan fingerprint density at radius 1 is 1.31 bits per heavy atom. The number of hydrogen-bond acceptors (Lipinski definition) is 5. The Labute approximate surface area is 168 Å². The molecule has 1 aliphatic carbocycles. The number of hydrogen-bond donors (Lipinski definition) is 3. The van der Waals surface area contributed by atoms with E-state index in [1.54, 1.807) is 12.1 Å². The zero-order valence-corrected chi connectivity index (χ0v) is 16.5. The summed E-state index contributed by atoms with van der Waals surface area (Å²) in [5.74, 6) is 0.552. The van der Waals surface area contributed by atoms with Crippen molar-refractivity contribution in [2.75, 3.05) is 13.2 Å². The Morgan fingerprint density at radius 2 is 2.14 bits per heavy atom. The van der Waals surface area contributed by atoms with Crippen molar-refractivity contribution in [2.45, 2.75) is 38.8 Å². The largest absolute Gasteiger partial charge is 0.490 e. The molecular formula is C21H27FN4O3. The van der Waals surface area contributed by atoms with E-state index in [4.69, 9.17) is 4.74 Å². The number of aromatic nitrogens is 2.